The van der Waals surface area contributed by atoms with E-state index in [-0.39, 0.29) is 11.5 Å². The average Bonchev–Trinajstić information content (AvgIpc) is 3.19. The van der Waals surface area contributed by atoms with E-state index < -0.39 is 9.04 Å². The van der Waals surface area contributed by atoms with Crippen LogP contribution in [0.15, 0.2) is 53.1 Å². The molecule has 3 aromatic rings. The molecule has 1 unspecified atom stereocenters. The molecule has 1 atom stereocenters. The SMILES string of the molecule is Cc1cc(-c2ccccc2)cc(C)c1OCCCc1cc(C(O[Si](C)C)C(C)(C)C)no1. The van der Waals surface area contributed by atoms with Gasteiger partial charge in [-0.05, 0) is 73.2 Å². The van der Waals surface area contributed by atoms with Gasteiger partial charge in [-0.25, -0.2) is 0 Å². The zero-order valence-corrected chi connectivity index (χ0v) is 21.5. The molecule has 32 heavy (non-hydrogen) atoms. The number of hydrogen-bond acceptors (Lipinski definition) is 4. The Morgan fingerprint density at radius 1 is 0.969 bits per heavy atom. The van der Waals surface area contributed by atoms with Crippen molar-refractivity contribution in [3.8, 4) is 16.9 Å². The minimum Gasteiger partial charge on any atom is -0.493 e. The van der Waals surface area contributed by atoms with Gasteiger partial charge in [-0.3, -0.25) is 0 Å². The minimum absolute atomic E-state index is 0.0276. The second-order valence-corrected chi connectivity index (χ2v) is 11.8. The molecule has 0 aliphatic rings. The van der Waals surface area contributed by atoms with Crippen molar-refractivity contribution in [1.82, 2.24) is 5.16 Å². The summed E-state index contributed by atoms with van der Waals surface area (Å²) in [5.41, 5.74) is 5.63. The molecule has 1 radical (unpaired) electrons. The van der Waals surface area contributed by atoms with Gasteiger partial charge in [0.1, 0.15) is 17.2 Å². The highest BCUT2D eigenvalue weighted by atomic mass is 28.3. The van der Waals surface area contributed by atoms with Gasteiger partial charge >= 0.3 is 0 Å². The lowest BCUT2D eigenvalue weighted by atomic mass is 9.87. The molecule has 171 valence electrons. The number of ether oxygens (including phenoxy) is 1. The lowest BCUT2D eigenvalue weighted by Crippen LogP contribution is -2.26. The maximum absolute atomic E-state index is 6.22. The van der Waals surface area contributed by atoms with Crippen molar-refractivity contribution in [3.63, 3.8) is 0 Å². The molecule has 1 heterocycles. The zero-order valence-electron chi connectivity index (χ0n) is 20.5. The van der Waals surface area contributed by atoms with E-state index in [1.54, 1.807) is 0 Å². The van der Waals surface area contributed by atoms with Crippen LogP contribution in [0.25, 0.3) is 11.1 Å². The molecule has 5 heteroatoms. The van der Waals surface area contributed by atoms with Crippen LogP contribution in [0.4, 0.5) is 0 Å². The Morgan fingerprint density at radius 3 is 2.22 bits per heavy atom. The van der Waals surface area contributed by atoms with Crippen LogP contribution in [0.2, 0.25) is 13.1 Å². The number of aromatic nitrogens is 1. The minimum atomic E-state index is -0.835. The Hall–Kier alpha value is -2.37. The third-order valence-corrected chi connectivity index (χ3v) is 6.07. The summed E-state index contributed by atoms with van der Waals surface area (Å²) in [6.07, 6.45) is 1.61. The van der Waals surface area contributed by atoms with E-state index in [0.29, 0.717) is 6.61 Å². The number of aryl methyl sites for hydroxylation is 3. The molecule has 2 aromatic carbocycles. The third-order valence-electron chi connectivity index (χ3n) is 5.37. The molecular formula is C27H36NO3Si. The maximum Gasteiger partial charge on any atom is 0.205 e. The number of hydrogen-bond donors (Lipinski definition) is 0. The lowest BCUT2D eigenvalue weighted by molar-refractivity contribution is 0.0794. The molecular weight excluding hydrogens is 414 g/mol. The van der Waals surface area contributed by atoms with Crippen molar-refractivity contribution in [2.45, 2.75) is 66.7 Å². The summed E-state index contributed by atoms with van der Waals surface area (Å²) in [6.45, 7) is 15.7. The fourth-order valence-electron chi connectivity index (χ4n) is 3.88. The summed E-state index contributed by atoms with van der Waals surface area (Å²) in [7, 11) is -0.835. The van der Waals surface area contributed by atoms with Crippen LogP contribution in [0.3, 0.4) is 0 Å². The molecule has 0 fully saturated rings. The average molecular weight is 451 g/mol. The van der Waals surface area contributed by atoms with E-state index in [1.807, 2.05) is 12.1 Å². The molecule has 0 N–H and O–H groups in total. The monoisotopic (exact) mass is 450 g/mol. The van der Waals surface area contributed by atoms with Gasteiger partial charge in [-0.1, -0.05) is 56.3 Å². The first kappa shape index (κ1) is 24.3. The normalized spacial score (nSPS) is 12.9. The predicted molar refractivity (Wildman–Crippen MR) is 132 cm³/mol. The van der Waals surface area contributed by atoms with Crippen LogP contribution in [-0.4, -0.2) is 20.8 Å². The second-order valence-electron chi connectivity index (χ2n) is 9.75. The zero-order chi connectivity index (χ0) is 23.3. The van der Waals surface area contributed by atoms with Crippen molar-refractivity contribution in [3.05, 3.63) is 71.1 Å². The lowest BCUT2D eigenvalue weighted by Gasteiger charge is -2.30. The molecule has 1 aromatic heterocycles. The van der Waals surface area contributed by atoms with E-state index >= 15 is 0 Å². The molecule has 0 spiro atoms. The van der Waals surface area contributed by atoms with E-state index in [1.165, 1.54) is 11.1 Å². The summed E-state index contributed by atoms with van der Waals surface area (Å²) in [5, 5.41) is 4.32. The Morgan fingerprint density at radius 2 is 1.62 bits per heavy atom. The second kappa shape index (κ2) is 10.5. The van der Waals surface area contributed by atoms with Crippen LogP contribution in [-0.2, 0) is 10.8 Å². The molecule has 0 amide bonds. The first-order valence-electron chi connectivity index (χ1n) is 11.4. The van der Waals surface area contributed by atoms with Gasteiger partial charge in [0.2, 0.25) is 9.04 Å². The summed E-state index contributed by atoms with van der Waals surface area (Å²) in [5.74, 6) is 1.86. The number of nitrogens with zero attached hydrogens (tertiary/aromatic N) is 1. The smallest absolute Gasteiger partial charge is 0.205 e. The Labute approximate surface area is 194 Å². The molecule has 0 aliphatic carbocycles. The fraction of sp³-hybridized carbons (Fsp3) is 0.444. The predicted octanol–water partition coefficient (Wildman–Crippen LogP) is 7.32. The number of benzene rings is 2. The molecule has 0 saturated heterocycles. The highest BCUT2D eigenvalue weighted by molar-refractivity contribution is 6.48. The van der Waals surface area contributed by atoms with Crippen LogP contribution in [0, 0.1) is 19.3 Å². The van der Waals surface area contributed by atoms with Crippen LogP contribution in [0.5, 0.6) is 5.75 Å². The quantitative estimate of drug-likeness (QED) is 0.253. The first-order valence-corrected chi connectivity index (χ1v) is 13.8. The first-order chi connectivity index (χ1) is 15.1. The van der Waals surface area contributed by atoms with Gasteiger partial charge in [0.15, 0.2) is 0 Å². The molecule has 0 aliphatic heterocycles. The number of rotatable bonds is 9. The van der Waals surface area contributed by atoms with Crippen molar-refractivity contribution in [2.24, 2.45) is 5.41 Å². The summed E-state index contributed by atoms with van der Waals surface area (Å²) < 4.78 is 18.0. The molecule has 0 bridgehead atoms. The van der Waals surface area contributed by atoms with Crippen LogP contribution >= 0.6 is 0 Å². The third kappa shape index (κ3) is 6.33. The molecule has 3 rings (SSSR count). The van der Waals surface area contributed by atoms with E-state index in [4.69, 9.17) is 13.7 Å². The van der Waals surface area contributed by atoms with Gasteiger partial charge in [0.05, 0.1) is 12.7 Å². The van der Waals surface area contributed by atoms with Crippen LogP contribution < -0.4 is 4.74 Å². The van der Waals surface area contributed by atoms with Crippen LogP contribution in [0.1, 0.15) is 55.9 Å². The van der Waals surface area contributed by atoms with Gasteiger partial charge in [0, 0.05) is 12.5 Å². The van der Waals surface area contributed by atoms with Gasteiger partial charge < -0.3 is 13.7 Å². The Bertz CT molecular complexity index is 982. The standard InChI is InChI=1S/C27H36NO3Si/c1-19-16-22(21-12-9-8-10-13-21)17-20(2)25(19)29-15-11-14-23-18-24(28-30-23)26(27(3,4)5)31-32(6)7/h8-10,12-13,16-18,26H,11,14-15H2,1-7H3. The van der Waals surface area contributed by atoms with Crippen molar-refractivity contribution in [1.29, 1.82) is 0 Å². The molecule has 0 saturated carbocycles. The van der Waals surface area contributed by atoms with Gasteiger partial charge in [-0.2, -0.15) is 0 Å². The highest BCUT2D eigenvalue weighted by Gasteiger charge is 2.31. The Kier molecular flexibility index (Phi) is 7.96. The molecule has 4 nitrogen and oxygen atoms in total. The topological polar surface area (TPSA) is 44.5 Å². The van der Waals surface area contributed by atoms with Crippen molar-refractivity contribution < 1.29 is 13.7 Å². The highest BCUT2D eigenvalue weighted by Crippen LogP contribution is 2.36. The van der Waals surface area contributed by atoms with E-state index in [2.05, 4.69) is 89.3 Å². The van der Waals surface area contributed by atoms with E-state index in [0.717, 1.165) is 41.2 Å². The fourth-order valence-corrected chi connectivity index (χ4v) is 4.83. The van der Waals surface area contributed by atoms with Gasteiger partial charge in [0.25, 0.3) is 0 Å². The summed E-state index contributed by atoms with van der Waals surface area (Å²) in [4.78, 5) is 0. The summed E-state index contributed by atoms with van der Waals surface area (Å²) in [6, 6.07) is 16.9. The Balaban J connectivity index is 1.58. The van der Waals surface area contributed by atoms with Crippen molar-refractivity contribution in [2.75, 3.05) is 6.61 Å². The maximum atomic E-state index is 6.22. The van der Waals surface area contributed by atoms with E-state index in [9.17, 15) is 0 Å². The summed E-state index contributed by atoms with van der Waals surface area (Å²) >= 11 is 0. The largest absolute Gasteiger partial charge is 0.493 e. The van der Waals surface area contributed by atoms with Gasteiger partial charge in [-0.15, -0.1) is 0 Å². The van der Waals surface area contributed by atoms with Crippen molar-refractivity contribution >= 4 is 9.04 Å².